The summed E-state index contributed by atoms with van der Waals surface area (Å²) in [6.45, 7) is 2.47. The molecule has 1 N–H and O–H groups in total. The van der Waals surface area contributed by atoms with Crippen LogP contribution >= 0.6 is 0 Å². The number of benzene rings is 1. The van der Waals surface area contributed by atoms with Crippen LogP contribution in [0.25, 0.3) is 0 Å². The molecule has 0 saturated heterocycles. The van der Waals surface area contributed by atoms with Gasteiger partial charge in [0.05, 0.1) is 13.0 Å². The van der Waals surface area contributed by atoms with E-state index in [1.165, 1.54) is 5.56 Å². The lowest BCUT2D eigenvalue weighted by Crippen LogP contribution is -2.26. The van der Waals surface area contributed by atoms with Crippen LogP contribution in [-0.4, -0.2) is 18.6 Å². The average Bonchev–Trinajstić information content (AvgIpc) is 3.02. The Morgan fingerprint density at radius 3 is 3.00 bits per heavy atom. The van der Waals surface area contributed by atoms with Gasteiger partial charge < -0.3 is 10.1 Å². The van der Waals surface area contributed by atoms with Gasteiger partial charge in [0.2, 0.25) is 5.91 Å². The van der Waals surface area contributed by atoms with E-state index in [2.05, 4.69) is 5.32 Å². The molecule has 86 valence electrons. The number of carbonyl (C=O) groups is 1. The summed E-state index contributed by atoms with van der Waals surface area (Å²) in [6, 6.07) is 8.29. The Hall–Kier alpha value is -1.51. The van der Waals surface area contributed by atoms with Crippen molar-refractivity contribution >= 4 is 5.91 Å². The minimum absolute atomic E-state index is 0.0927. The molecule has 1 aliphatic rings. The molecule has 0 bridgehead atoms. The molecule has 0 heterocycles. The molecule has 0 aromatic heterocycles. The van der Waals surface area contributed by atoms with Crippen molar-refractivity contribution < 1.29 is 9.53 Å². The van der Waals surface area contributed by atoms with E-state index in [9.17, 15) is 4.79 Å². The van der Waals surface area contributed by atoms with E-state index in [1.54, 1.807) is 0 Å². The first-order valence-corrected chi connectivity index (χ1v) is 5.73. The molecular weight excluding hydrogens is 202 g/mol. The van der Waals surface area contributed by atoms with Crippen molar-refractivity contribution in [3.63, 3.8) is 0 Å². The second kappa shape index (κ2) is 5.01. The fraction of sp³-hybridized carbons (Fsp3) is 0.462. The minimum atomic E-state index is 0.0927. The van der Waals surface area contributed by atoms with Crippen molar-refractivity contribution in [3.05, 3.63) is 29.8 Å². The van der Waals surface area contributed by atoms with E-state index in [0.717, 1.165) is 18.6 Å². The van der Waals surface area contributed by atoms with Crippen LogP contribution < -0.4 is 10.1 Å². The third-order valence-electron chi connectivity index (χ3n) is 2.53. The molecule has 0 unspecified atom stereocenters. The summed E-state index contributed by atoms with van der Waals surface area (Å²) in [4.78, 5) is 11.4. The highest BCUT2D eigenvalue weighted by molar-refractivity contribution is 5.76. The summed E-state index contributed by atoms with van der Waals surface area (Å²) >= 11 is 0. The van der Waals surface area contributed by atoms with Crippen molar-refractivity contribution in [1.29, 1.82) is 0 Å². The van der Waals surface area contributed by atoms with Gasteiger partial charge in [0, 0.05) is 6.04 Å². The van der Waals surface area contributed by atoms with Crippen molar-refractivity contribution in [1.82, 2.24) is 5.32 Å². The van der Waals surface area contributed by atoms with Gasteiger partial charge in [-0.3, -0.25) is 4.79 Å². The second-order valence-corrected chi connectivity index (χ2v) is 4.26. The van der Waals surface area contributed by atoms with E-state index < -0.39 is 0 Å². The largest absolute Gasteiger partial charge is 0.493 e. The molecule has 1 aromatic rings. The molecule has 3 heteroatoms. The number of rotatable bonds is 5. The highest BCUT2D eigenvalue weighted by Gasteiger charge is 2.22. The van der Waals surface area contributed by atoms with Crippen LogP contribution in [0.15, 0.2) is 24.3 Å². The maximum absolute atomic E-state index is 11.4. The highest BCUT2D eigenvalue weighted by Crippen LogP contribution is 2.18. The Kier molecular flexibility index (Phi) is 3.44. The third-order valence-corrected chi connectivity index (χ3v) is 2.53. The summed E-state index contributed by atoms with van der Waals surface area (Å²) in [7, 11) is 0. The second-order valence-electron chi connectivity index (χ2n) is 4.26. The van der Waals surface area contributed by atoms with Gasteiger partial charge in [-0.1, -0.05) is 12.1 Å². The SMILES string of the molecule is Cc1cccc(OCCC(=O)NC2CC2)c1. The molecule has 16 heavy (non-hydrogen) atoms. The number of aryl methyl sites for hydroxylation is 1. The van der Waals surface area contributed by atoms with E-state index in [-0.39, 0.29) is 5.91 Å². The molecule has 1 fully saturated rings. The molecule has 1 amide bonds. The maximum Gasteiger partial charge on any atom is 0.223 e. The van der Waals surface area contributed by atoms with E-state index in [4.69, 9.17) is 4.74 Å². The first kappa shape index (κ1) is 11.0. The Morgan fingerprint density at radius 2 is 2.31 bits per heavy atom. The topological polar surface area (TPSA) is 38.3 Å². The average molecular weight is 219 g/mol. The summed E-state index contributed by atoms with van der Waals surface area (Å²) in [6.07, 6.45) is 2.69. The summed E-state index contributed by atoms with van der Waals surface area (Å²) in [5.41, 5.74) is 1.17. The first-order valence-electron chi connectivity index (χ1n) is 5.73. The monoisotopic (exact) mass is 219 g/mol. The third kappa shape index (κ3) is 3.57. The number of nitrogens with one attached hydrogen (secondary N) is 1. The van der Waals surface area contributed by atoms with Crippen LogP contribution in [0.2, 0.25) is 0 Å². The lowest BCUT2D eigenvalue weighted by molar-refractivity contribution is -0.121. The molecular formula is C13H17NO2. The molecule has 1 aliphatic carbocycles. The van der Waals surface area contributed by atoms with Crippen molar-refractivity contribution in [2.75, 3.05) is 6.61 Å². The van der Waals surface area contributed by atoms with Crippen LogP contribution in [0.4, 0.5) is 0 Å². The van der Waals surface area contributed by atoms with Gasteiger partial charge in [0.1, 0.15) is 5.75 Å². The molecule has 0 atom stereocenters. The Balaban J connectivity index is 1.68. The van der Waals surface area contributed by atoms with E-state index in [1.807, 2.05) is 31.2 Å². The summed E-state index contributed by atoms with van der Waals surface area (Å²) in [5, 5.41) is 2.93. The zero-order valence-corrected chi connectivity index (χ0v) is 9.53. The molecule has 0 aliphatic heterocycles. The van der Waals surface area contributed by atoms with Crippen molar-refractivity contribution in [2.45, 2.75) is 32.2 Å². The lowest BCUT2D eigenvalue weighted by Gasteiger charge is -2.07. The molecule has 1 saturated carbocycles. The van der Waals surface area contributed by atoms with Gasteiger partial charge in [0.15, 0.2) is 0 Å². The van der Waals surface area contributed by atoms with Gasteiger partial charge in [-0.2, -0.15) is 0 Å². The Bertz CT molecular complexity index is 372. The fourth-order valence-electron chi connectivity index (χ4n) is 1.49. The van der Waals surface area contributed by atoms with Crippen LogP contribution in [0.5, 0.6) is 5.75 Å². The number of carbonyl (C=O) groups excluding carboxylic acids is 1. The predicted octanol–water partition coefficient (Wildman–Crippen LogP) is 2.04. The van der Waals surface area contributed by atoms with Crippen LogP contribution in [0.1, 0.15) is 24.8 Å². The van der Waals surface area contributed by atoms with Gasteiger partial charge in [-0.25, -0.2) is 0 Å². The van der Waals surface area contributed by atoms with Gasteiger partial charge in [-0.05, 0) is 37.5 Å². The fourth-order valence-corrected chi connectivity index (χ4v) is 1.49. The Labute approximate surface area is 95.8 Å². The van der Waals surface area contributed by atoms with Crippen LogP contribution in [0.3, 0.4) is 0 Å². The first-order chi connectivity index (χ1) is 7.74. The molecule has 2 rings (SSSR count). The van der Waals surface area contributed by atoms with E-state index >= 15 is 0 Å². The molecule has 0 spiro atoms. The smallest absolute Gasteiger partial charge is 0.223 e. The molecule has 3 nitrogen and oxygen atoms in total. The zero-order valence-electron chi connectivity index (χ0n) is 9.53. The molecule has 0 radical (unpaired) electrons. The number of amides is 1. The summed E-state index contributed by atoms with van der Waals surface area (Å²) in [5.74, 6) is 0.925. The van der Waals surface area contributed by atoms with Crippen molar-refractivity contribution in [2.24, 2.45) is 0 Å². The quantitative estimate of drug-likeness (QED) is 0.823. The highest BCUT2D eigenvalue weighted by atomic mass is 16.5. The van der Waals surface area contributed by atoms with E-state index in [0.29, 0.717) is 19.1 Å². The Morgan fingerprint density at radius 1 is 1.50 bits per heavy atom. The van der Waals surface area contributed by atoms with Gasteiger partial charge >= 0.3 is 0 Å². The normalized spacial score (nSPS) is 14.6. The predicted molar refractivity (Wildman–Crippen MR) is 62.5 cm³/mol. The molecule has 1 aromatic carbocycles. The van der Waals surface area contributed by atoms with Gasteiger partial charge in [0.25, 0.3) is 0 Å². The number of hydrogen-bond donors (Lipinski definition) is 1. The van der Waals surface area contributed by atoms with Crippen molar-refractivity contribution in [3.8, 4) is 5.75 Å². The zero-order chi connectivity index (χ0) is 11.4. The van der Waals surface area contributed by atoms with Crippen LogP contribution in [-0.2, 0) is 4.79 Å². The van der Waals surface area contributed by atoms with Crippen LogP contribution in [0, 0.1) is 6.92 Å². The maximum atomic E-state index is 11.4. The minimum Gasteiger partial charge on any atom is -0.493 e. The number of ether oxygens (including phenoxy) is 1. The lowest BCUT2D eigenvalue weighted by atomic mass is 10.2. The van der Waals surface area contributed by atoms with Gasteiger partial charge in [-0.15, -0.1) is 0 Å². The summed E-state index contributed by atoms with van der Waals surface area (Å²) < 4.78 is 5.50. The standard InChI is InChI=1S/C13H17NO2/c1-10-3-2-4-12(9-10)16-8-7-13(15)14-11-5-6-11/h2-4,9,11H,5-8H2,1H3,(H,14,15). The number of hydrogen-bond acceptors (Lipinski definition) is 2.